The summed E-state index contributed by atoms with van der Waals surface area (Å²) in [6.45, 7) is 1.94. The first-order valence-corrected chi connectivity index (χ1v) is 14.8. The lowest BCUT2D eigenvalue weighted by Crippen LogP contribution is -2.34. The second-order valence-electron chi connectivity index (χ2n) is 9.53. The maximum atomic E-state index is 14.0. The first-order valence-electron chi connectivity index (χ1n) is 12.5. The number of benzene rings is 2. The zero-order chi connectivity index (χ0) is 29.4. The molecular weight excluding hydrogens is 699 g/mol. The number of carbonyl (C=O) groups is 3. The van der Waals surface area contributed by atoms with E-state index >= 15 is 0 Å². The molecule has 3 amide bonds. The third-order valence-electron chi connectivity index (χ3n) is 6.68. The molecular formula is C28H22Br2Cl2N6O3. The van der Waals surface area contributed by atoms with E-state index in [4.69, 9.17) is 28.9 Å². The Bertz CT molecular complexity index is 1710. The molecule has 210 valence electrons. The Balaban J connectivity index is 1.61. The Hall–Kier alpha value is -3.25. The van der Waals surface area contributed by atoms with Crippen LogP contribution in [0.2, 0.25) is 10.0 Å². The van der Waals surface area contributed by atoms with E-state index in [1.54, 1.807) is 42.6 Å². The standard InChI is InChI=1S/C28H22Br2Cl2N6O3/c1-13(14-7-8-14)35-27(40)18-10-15(31)11-19(29)24(18)36-28(41)23-16(4-2-5-17(23)25(33)39)21-12-22(30)37-38(21)26-20(32)6-3-9-34-26/h2-6,9-14H,7-8H2,1H3,(H2,33,39)(H,35,40)(H,36,41). The van der Waals surface area contributed by atoms with Crippen LogP contribution in [-0.2, 0) is 0 Å². The van der Waals surface area contributed by atoms with Gasteiger partial charge < -0.3 is 16.4 Å². The highest BCUT2D eigenvalue weighted by Crippen LogP contribution is 2.36. The third-order valence-corrected chi connectivity index (χ3v) is 8.20. The Morgan fingerprint density at radius 3 is 2.49 bits per heavy atom. The molecule has 0 spiro atoms. The molecule has 1 unspecified atom stereocenters. The highest BCUT2D eigenvalue weighted by molar-refractivity contribution is 9.10. The lowest BCUT2D eigenvalue weighted by atomic mass is 9.97. The summed E-state index contributed by atoms with van der Waals surface area (Å²) in [7, 11) is 0. The van der Waals surface area contributed by atoms with E-state index in [1.807, 2.05) is 6.92 Å². The van der Waals surface area contributed by atoms with Crippen molar-refractivity contribution in [2.24, 2.45) is 11.7 Å². The Morgan fingerprint density at radius 2 is 1.80 bits per heavy atom. The summed E-state index contributed by atoms with van der Waals surface area (Å²) in [6.07, 6.45) is 3.66. The van der Waals surface area contributed by atoms with Crippen molar-refractivity contribution in [3.8, 4) is 17.1 Å². The maximum absolute atomic E-state index is 14.0. The molecule has 1 aliphatic carbocycles. The number of nitrogens with one attached hydrogen (secondary N) is 2. The highest BCUT2D eigenvalue weighted by atomic mass is 79.9. The van der Waals surface area contributed by atoms with E-state index in [9.17, 15) is 14.4 Å². The van der Waals surface area contributed by atoms with Gasteiger partial charge in [0.25, 0.3) is 11.8 Å². The molecule has 4 aromatic rings. The van der Waals surface area contributed by atoms with Gasteiger partial charge in [0, 0.05) is 27.3 Å². The van der Waals surface area contributed by atoms with Crippen molar-refractivity contribution in [2.75, 3.05) is 5.32 Å². The van der Waals surface area contributed by atoms with Gasteiger partial charge in [0.1, 0.15) is 4.60 Å². The summed E-state index contributed by atoms with van der Waals surface area (Å²) in [5.41, 5.74) is 6.75. The van der Waals surface area contributed by atoms with Crippen LogP contribution >= 0.6 is 55.1 Å². The fraction of sp³-hybridized carbons (Fsp3) is 0.179. The molecule has 1 saturated carbocycles. The molecule has 0 bridgehead atoms. The van der Waals surface area contributed by atoms with Crippen LogP contribution in [0.15, 0.2) is 63.8 Å². The minimum atomic E-state index is -0.815. The van der Waals surface area contributed by atoms with Gasteiger partial charge in [0.15, 0.2) is 5.82 Å². The number of pyridine rings is 1. The molecule has 5 rings (SSSR count). The largest absolute Gasteiger partial charge is 0.366 e. The summed E-state index contributed by atoms with van der Waals surface area (Å²) in [5, 5.41) is 10.9. The molecule has 2 aromatic carbocycles. The van der Waals surface area contributed by atoms with Crippen molar-refractivity contribution in [1.29, 1.82) is 0 Å². The summed E-state index contributed by atoms with van der Waals surface area (Å²) in [6, 6.07) is 12.7. The minimum absolute atomic E-state index is 0.0275. The van der Waals surface area contributed by atoms with Crippen molar-refractivity contribution in [1.82, 2.24) is 20.1 Å². The maximum Gasteiger partial charge on any atom is 0.257 e. The van der Waals surface area contributed by atoms with Crippen LogP contribution in [0.1, 0.15) is 50.8 Å². The zero-order valence-electron chi connectivity index (χ0n) is 21.4. The van der Waals surface area contributed by atoms with Crippen molar-refractivity contribution >= 4 is 78.5 Å². The van der Waals surface area contributed by atoms with E-state index in [2.05, 4.69) is 52.6 Å². The molecule has 1 fully saturated rings. The number of anilines is 1. The lowest BCUT2D eigenvalue weighted by Gasteiger charge is -2.19. The van der Waals surface area contributed by atoms with Crippen LogP contribution in [0.5, 0.6) is 0 Å². The molecule has 0 aliphatic heterocycles. The van der Waals surface area contributed by atoms with Gasteiger partial charge in [0.2, 0.25) is 5.91 Å². The SMILES string of the molecule is CC(NC(=O)c1cc(Cl)cc(Br)c1NC(=O)c1c(C(N)=O)cccc1-c1cc(Br)nn1-c1ncccc1Cl)C1CC1. The van der Waals surface area contributed by atoms with Crippen molar-refractivity contribution < 1.29 is 14.4 Å². The van der Waals surface area contributed by atoms with E-state index < -0.39 is 17.7 Å². The molecule has 13 heteroatoms. The summed E-state index contributed by atoms with van der Waals surface area (Å²) >= 11 is 19.5. The number of nitrogens with two attached hydrogens (primary N) is 1. The summed E-state index contributed by atoms with van der Waals surface area (Å²) in [4.78, 5) is 44.2. The van der Waals surface area contributed by atoms with Crippen LogP contribution < -0.4 is 16.4 Å². The average molecular weight is 721 g/mol. The number of amides is 3. The molecule has 1 atom stereocenters. The fourth-order valence-corrected chi connectivity index (χ4v) is 6.00. The number of rotatable bonds is 8. The van der Waals surface area contributed by atoms with Crippen LogP contribution in [-0.4, -0.2) is 38.5 Å². The van der Waals surface area contributed by atoms with Gasteiger partial charge in [0.05, 0.1) is 33.1 Å². The quantitative estimate of drug-likeness (QED) is 0.188. The first-order chi connectivity index (χ1) is 19.5. The second-order valence-corrected chi connectivity index (χ2v) is 12.0. The topological polar surface area (TPSA) is 132 Å². The monoisotopic (exact) mass is 718 g/mol. The van der Waals surface area contributed by atoms with Gasteiger partial charge in [-0.3, -0.25) is 14.4 Å². The second kappa shape index (κ2) is 11.9. The van der Waals surface area contributed by atoms with Crippen molar-refractivity contribution in [3.05, 3.63) is 90.5 Å². The summed E-state index contributed by atoms with van der Waals surface area (Å²) in [5.74, 6) is -1.16. The van der Waals surface area contributed by atoms with E-state index in [0.29, 0.717) is 42.1 Å². The molecule has 1 aliphatic rings. The zero-order valence-corrected chi connectivity index (χ0v) is 26.1. The Kier molecular flexibility index (Phi) is 8.51. The average Bonchev–Trinajstić information content (AvgIpc) is 3.71. The Labute approximate surface area is 262 Å². The number of primary amides is 1. The van der Waals surface area contributed by atoms with Crippen LogP contribution in [0, 0.1) is 5.92 Å². The van der Waals surface area contributed by atoms with E-state index in [0.717, 1.165) is 12.8 Å². The van der Waals surface area contributed by atoms with E-state index in [-0.39, 0.29) is 28.4 Å². The molecule has 0 radical (unpaired) electrons. The Morgan fingerprint density at radius 1 is 1.05 bits per heavy atom. The predicted molar refractivity (Wildman–Crippen MR) is 165 cm³/mol. The number of halogens is 4. The molecule has 41 heavy (non-hydrogen) atoms. The smallest absolute Gasteiger partial charge is 0.257 e. The number of nitrogens with zero attached hydrogens (tertiary/aromatic N) is 3. The first kappa shape index (κ1) is 29.2. The molecule has 2 heterocycles. The molecule has 2 aromatic heterocycles. The van der Waals surface area contributed by atoms with Crippen molar-refractivity contribution in [2.45, 2.75) is 25.8 Å². The van der Waals surface area contributed by atoms with Gasteiger partial charge in [-0.1, -0.05) is 35.3 Å². The third kappa shape index (κ3) is 6.18. The molecule has 0 saturated heterocycles. The number of hydrogen-bond acceptors (Lipinski definition) is 5. The molecule has 4 N–H and O–H groups in total. The van der Waals surface area contributed by atoms with Crippen molar-refractivity contribution in [3.63, 3.8) is 0 Å². The van der Waals surface area contributed by atoms with Gasteiger partial charge in [-0.05, 0) is 93.9 Å². The van der Waals surface area contributed by atoms with Gasteiger partial charge in [-0.25, -0.2) is 9.67 Å². The normalized spacial score (nSPS) is 13.5. The number of aromatic nitrogens is 3. The van der Waals surface area contributed by atoms with Crippen LogP contribution in [0.25, 0.3) is 17.1 Å². The van der Waals surface area contributed by atoms with E-state index in [1.165, 1.54) is 16.8 Å². The van der Waals surface area contributed by atoms with Crippen LogP contribution in [0.4, 0.5) is 5.69 Å². The minimum Gasteiger partial charge on any atom is -0.366 e. The lowest BCUT2D eigenvalue weighted by molar-refractivity contribution is 0.0935. The fourth-order valence-electron chi connectivity index (χ4n) is 4.51. The van der Waals surface area contributed by atoms with Gasteiger partial charge in [-0.15, -0.1) is 0 Å². The number of carbonyl (C=O) groups excluding carboxylic acids is 3. The summed E-state index contributed by atoms with van der Waals surface area (Å²) < 4.78 is 2.28. The predicted octanol–water partition coefficient (Wildman–Crippen LogP) is 6.65. The van der Waals surface area contributed by atoms with Gasteiger partial charge >= 0.3 is 0 Å². The van der Waals surface area contributed by atoms with Crippen LogP contribution in [0.3, 0.4) is 0 Å². The van der Waals surface area contributed by atoms with Gasteiger partial charge in [-0.2, -0.15) is 5.10 Å². The number of hydrogen-bond donors (Lipinski definition) is 3. The highest BCUT2D eigenvalue weighted by Gasteiger charge is 2.31. The molecule has 9 nitrogen and oxygen atoms in total.